The predicted octanol–water partition coefficient (Wildman–Crippen LogP) is 14.0. The number of hydrogen-bond donors (Lipinski definition) is 0. The zero-order chi connectivity index (χ0) is 39.3. The summed E-state index contributed by atoms with van der Waals surface area (Å²) in [5.74, 6) is 0. The van der Waals surface area contributed by atoms with E-state index in [1.54, 1.807) is 0 Å². The Hall–Kier alpha value is -6.75. The second-order valence-electron chi connectivity index (χ2n) is 15.4. The van der Waals surface area contributed by atoms with Gasteiger partial charge in [-0.15, -0.1) is 22.7 Å². The molecular formula is C54H34N3PS2. The van der Waals surface area contributed by atoms with Crippen LogP contribution >= 0.6 is 30.6 Å². The minimum atomic E-state index is -0.720. The Morgan fingerprint density at radius 2 is 0.717 bits per heavy atom. The lowest BCUT2D eigenvalue weighted by Crippen LogP contribution is -2.20. The summed E-state index contributed by atoms with van der Waals surface area (Å²) in [6.07, 6.45) is 0. The van der Waals surface area contributed by atoms with Crippen molar-refractivity contribution in [1.82, 2.24) is 13.7 Å². The molecule has 0 bridgehead atoms. The van der Waals surface area contributed by atoms with Crippen LogP contribution in [0.1, 0.15) is 0 Å². The van der Waals surface area contributed by atoms with Crippen LogP contribution in [0.2, 0.25) is 0 Å². The van der Waals surface area contributed by atoms with Crippen LogP contribution in [0.4, 0.5) is 0 Å². The Morgan fingerprint density at radius 1 is 0.317 bits per heavy atom. The molecule has 60 heavy (non-hydrogen) atoms. The zero-order valence-corrected chi connectivity index (χ0v) is 34.8. The highest BCUT2D eigenvalue weighted by atomic mass is 32.1. The van der Waals surface area contributed by atoms with E-state index in [1.165, 1.54) is 90.7 Å². The van der Waals surface area contributed by atoms with Gasteiger partial charge in [-0.25, -0.2) is 0 Å². The molecule has 3 nitrogen and oxygen atoms in total. The summed E-state index contributed by atoms with van der Waals surface area (Å²) in [5.41, 5.74) is 10.8. The molecule has 0 radical (unpaired) electrons. The van der Waals surface area contributed by atoms with Gasteiger partial charge >= 0.3 is 0 Å². The fraction of sp³-hybridized carbons (Fsp3) is 0. The minimum Gasteiger partial charge on any atom is -0.309 e. The number of aromatic nitrogens is 3. The van der Waals surface area contributed by atoms with E-state index in [9.17, 15) is 0 Å². The van der Waals surface area contributed by atoms with E-state index in [4.69, 9.17) is 0 Å². The molecule has 5 heterocycles. The number of rotatable bonds is 6. The minimum absolute atomic E-state index is 0.720. The molecule has 0 aliphatic rings. The van der Waals surface area contributed by atoms with Gasteiger partial charge < -0.3 is 13.7 Å². The van der Waals surface area contributed by atoms with Crippen molar-refractivity contribution in [3.63, 3.8) is 0 Å². The number of hydrogen-bond acceptors (Lipinski definition) is 2. The summed E-state index contributed by atoms with van der Waals surface area (Å²) in [6, 6.07) is 72.3. The SMILES string of the molecule is c1ccc(P(c2ccccc2)c2ccc(-n3c4cc5ccsc5cc4c4c3c3cc5sccc5cc3n4-c3ccc(-n4c5ccccc5c5ccccc54)cc3)cc2)cc1. The standard InChI is InChI=1S/C54H34N3PS2/c1-3-11-40(12-4-1)58(41-13-5-2-6-14-41)42-25-23-39(24-26-42)57-50-32-36-28-30-60-52(36)34-46(50)53-54(57)45-33-51-35(27-29-59-51)31-49(45)56(53)38-21-19-37(20-22-38)55-47-17-9-7-15-43(47)44-16-8-10-18-48(44)55/h1-34H. The van der Waals surface area contributed by atoms with Gasteiger partial charge in [0.25, 0.3) is 0 Å². The van der Waals surface area contributed by atoms with Gasteiger partial charge in [0.1, 0.15) is 0 Å². The van der Waals surface area contributed by atoms with Gasteiger partial charge in [-0.2, -0.15) is 0 Å². The lowest BCUT2D eigenvalue weighted by Gasteiger charge is -2.20. The van der Waals surface area contributed by atoms with Crippen molar-refractivity contribution in [2.45, 2.75) is 0 Å². The third-order valence-corrected chi connectivity index (χ3v) is 16.3. The first-order chi connectivity index (χ1) is 29.8. The highest BCUT2D eigenvalue weighted by Gasteiger charge is 2.25. The van der Waals surface area contributed by atoms with Crippen LogP contribution in [-0.4, -0.2) is 13.7 Å². The molecule has 13 aromatic rings. The number of nitrogens with zero attached hydrogens (tertiary/aromatic N) is 3. The second kappa shape index (κ2) is 13.4. The predicted molar refractivity (Wildman–Crippen MR) is 261 cm³/mol. The van der Waals surface area contributed by atoms with Crippen molar-refractivity contribution in [3.05, 3.63) is 205 Å². The maximum absolute atomic E-state index is 2.53. The van der Waals surface area contributed by atoms with Gasteiger partial charge in [0.15, 0.2) is 0 Å². The number of fused-ring (bicyclic) bond motifs is 10. The zero-order valence-electron chi connectivity index (χ0n) is 32.2. The summed E-state index contributed by atoms with van der Waals surface area (Å²) >= 11 is 3.63. The van der Waals surface area contributed by atoms with Crippen LogP contribution in [0.25, 0.3) is 91.9 Å². The van der Waals surface area contributed by atoms with Crippen molar-refractivity contribution >= 4 is 121 Å². The largest absolute Gasteiger partial charge is 0.309 e. The molecule has 0 atom stereocenters. The van der Waals surface area contributed by atoms with Crippen LogP contribution in [0, 0.1) is 0 Å². The third kappa shape index (κ3) is 5.10. The molecule has 0 fully saturated rings. The van der Waals surface area contributed by atoms with E-state index in [0.717, 1.165) is 17.1 Å². The van der Waals surface area contributed by atoms with Gasteiger partial charge in [-0.1, -0.05) is 109 Å². The monoisotopic (exact) mass is 819 g/mol. The average molecular weight is 820 g/mol. The molecule has 282 valence electrons. The normalized spacial score (nSPS) is 12.2. The number of thiophene rings is 2. The molecule has 0 saturated heterocycles. The van der Waals surface area contributed by atoms with Gasteiger partial charge in [0.05, 0.1) is 33.1 Å². The van der Waals surface area contributed by atoms with E-state index in [0.29, 0.717) is 0 Å². The summed E-state index contributed by atoms with van der Waals surface area (Å²) in [6.45, 7) is 0. The van der Waals surface area contributed by atoms with E-state index in [2.05, 4.69) is 219 Å². The fourth-order valence-corrected chi connectivity index (χ4v) is 13.4. The summed E-state index contributed by atoms with van der Waals surface area (Å²) in [4.78, 5) is 0. The van der Waals surface area contributed by atoms with Crippen molar-refractivity contribution in [3.8, 4) is 17.1 Å². The topological polar surface area (TPSA) is 14.8 Å². The van der Waals surface area contributed by atoms with Crippen LogP contribution < -0.4 is 15.9 Å². The molecule has 5 aromatic heterocycles. The third-order valence-electron chi connectivity index (χ3n) is 12.1. The second-order valence-corrected chi connectivity index (χ2v) is 19.5. The first kappa shape index (κ1) is 34.1. The first-order valence-corrected chi connectivity index (χ1v) is 23.3. The molecule has 0 amide bonds. The van der Waals surface area contributed by atoms with Crippen LogP contribution in [0.5, 0.6) is 0 Å². The van der Waals surface area contributed by atoms with Crippen molar-refractivity contribution < 1.29 is 0 Å². The van der Waals surface area contributed by atoms with Gasteiger partial charge in [0.2, 0.25) is 0 Å². The molecule has 13 rings (SSSR count). The summed E-state index contributed by atoms with van der Waals surface area (Å²) in [5, 5.41) is 16.1. The molecular weight excluding hydrogens is 786 g/mol. The lowest BCUT2D eigenvalue weighted by molar-refractivity contribution is 1.15. The van der Waals surface area contributed by atoms with Crippen molar-refractivity contribution in [1.29, 1.82) is 0 Å². The molecule has 0 aliphatic carbocycles. The summed E-state index contributed by atoms with van der Waals surface area (Å²) in [7, 11) is -0.720. The van der Waals surface area contributed by atoms with E-state index < -0.39 is 7.92 Å². The van der Waals surface area contributed by atoms with Crippen molar-refractivity contribution in [2.75, 3.05) is 0 Å². The van der Waals surface area contributed by atoms with Gasteiger partial charge in [-0.3, -0.25) is 0 Å². The molecule has 6 heteroatoms. The number of para-hydroxylation sites is 2. The van der Waals surface area contributed by atoms with Crippen LogP contribution in [0.15, 0.2) is 205 Å². The van der Waals surface area contributed by atoms with E-state index in [-0.39, 0.29) is 0 Å². The van der Waals surface area contributed by atoms with Gasteiger partial charge in [0, 0.05) is 48.0 Å². The summed E-state index contributed by atoms with van der Waals surface area (Å²) < 4.78 is 10.1. The van der Waals surface area contributed by atoms with Crippen LogP contribution in [-0.2, 0) is 0 Å². The first-order valence-electron chi connectivity index (χ1n) is 20.2. The number of benzene rings is 8. The highest BCUT2D eigenvalue weighted by Crippen LogP contribution is 2.45. The Balaban J connectivity index is 1.06. The molecule has 0 aliphatic heterocycles. The Bertz CT molecular complexity index is 3650. The average Bonchev–Trinajstić information content (AvgIpc) is 4.14. The molecule has 0 unspecified atom stereocenters. The Kier molecular flexibility index (Phi) is 7.62. The fourth-order valence-electron chi connectivity index (χ4n) is 9.53. The van der Waals surface area contributed by atoms with E-state index in [1.807, 2.05) is 22.7 Å². The smallest absolute Gasteiger partial charge is 0.0804 e. The van der Waals surface area contributed by atoms with E-state index >= 15 is 0 Å². The molecule has 0 saturated carbocycles. The lowest BCUT2D eigenvalue weighted by atomic mass is 10.2. The Labute approximate surface area is 355 Å². The maximum Gasteiger partial charge on any atom is 0.0804 e. The van der Waals surface area contributed by atoms with Crippen molar-refractivity contribution in [2.24, 2.45) is 0 Å². The molecule has 0 N–H and O–H groups in total. The maximum atomic E-state index is 2.53. The van der Waals surface area contributed by atoms with Crippen LogP contribution in [0.3, 0.4) is 0 Å². The molecule has 0 spiro atoms. The highest BCUT2D eigenvalue weighted by molar-refractivity contribution is 7.79. The molecule has 8 aromatic carbocycles. The quantitative estimate of drug-likeness (QED) is 0.148. The Morgan fingerprint density at radius 3 is 1.20 bits per heavy atom. The van der Waals surface area contributed by atoms with Gasteiger partial charge in [-0.05, 0) is 130 Å².